The largest absolute Gasteiger partial charge is 0.345 e. The standard InChI is InChI=1S/C40H32N2/c1-40(2)36-15-9-7-13-32(36)33-24-22-31(26-37(33)40)41(3)29-20-17-27(18-21-29)28-19-23-35-34-14-8-10-16-38(34)42(39(35)25-28)30-11-5-4-6-12-30/h4-26H,1-3H3. The maximum atomic E-state index is 2.38. The minimum Gasteiger partial charge on any atom is -0.345 e. The fraction of sp³-hybridized carbons (Fsp3) is 0.100. The summed E-state index contributed by atoms with van der Waals surface area (Å²) >= 11 is 0. The second-order valence-corrected chi connectivity index (χ2v) is 11.9. The van der Waals surface area contributed by atoms with E-state index in [1.54, 1.807) is 0 Å². The molecular weight excluding hydrogens is 508 g/mol. The Hall–Kier alpha value is -5.08. The zero-order valence-corrected chi connectivity index (χ0v) is 24.2. The van der Waals surface area contributed by atoms with Crippen LogP contribution in [0.4, 0.5) is 11.4 Å². The molecule has 2 nitrogen and oxygen atoms in total. The molecule has 6 aromatic carbocycles. The molecule has 0 unspecified atom stereocenters. The van der Waals surface area contributed by atoms with Crippen molar-refractivity contribution < 1.29 is 0 Å². The monoisotopic (exact) mass is 540 g/mol. The maximum Gasteiger partial charge on any atom is 0.0547 e. The molecule has 0 saturated heterocycles. The maximum absolute atomic E-state index is 2.38. The lowest BCUT2D eigenvalue weighted by molar-refractivity contribution is 0.660. The van der Waals surface area contributed by atoms with Gasteiger partial charge in [0.15, 0.2) is 0 Å². The van der Waals surface area contributed by atoms with Crippen LogP contribution in [0.1, 0.15) is 25.0 Å². The quantitative estimate of drug-likeness (QED) is 0.216. The molecule has 0 atom stereocenters. The van der Waals surface area contributed by atoms with Gasteiger partial charge in [-0.1, -0.05) is 105 Å². The zero-order valence-electron chi connectivity index (χ0n) is 24.2. The van der Waals surface area contributed by atoms with Crippen LogP contribution in [0.15, 0.2) is 140 Å². The Morgan fingerprint density at radius 1 is 0.500 bits per heavy atom. The van der Waals surface area contributed by atoms with Gasteiger partial charge in [-0.25, -0.2) is 0 Å². The van der Waals surface area contributed by atoms with Crippen LogP contribution < -0.4 is 4.90 Å². The lowest BCUT2D eigenvalue weighted by atomic mass is 9.82. The van der Waals surface area contributed by atoms with Gasteiger partial charge in [-0.2, -0.15) is 0 Å². The molecule has 202 valence electrons. The summed E-state index contributed by atoms with van der Waals surface area (Å²) in [5.41, 5.74) is 14.0. The van der Waals surface area contributed by atoms with Gasteiger partial charge >= 0.3 is 0 Å². The van der Waals surface area contributed by atoms with Gasteiger partial charge in [0.05, 0.1) is 11.0 Å². The fourth-order valence-corrected chi connectivity index (χ4v) is 6.93. The molecule has 0 spiro atoms. The van der Waals surface area contributed by atoms with Gasteiger partial charge in [-0.15, -0.1) is 0 Å². The van der Waals surface area contributed by atoms with Gasteiger partial charge < -0.3 is 9.47 Å². The zero-order chi connectivity index (χ0) is 28.4. The Morgan fingerprint density at radius 3 is 1.98 bits per heavy atom. The Kier molecular flexibility index (Phi) is 5.42. The molecule has 0 fully saturated rings. The molecule has 0 amide bonds. The van der Waals surface area contributed by atoms with Crippen molar-refractivity contribution >= 4 is 33.2 Å². The number of hydrogen-bond donors (Lipinski definition) is 0. The molecule has 0 bridgehead atoms. The normalized spacial score (nSPS) is 13.3. The summed E-state index contributed by atoms with van der Waals surface area (Å²) in [4.78, 5) is 2.29. The number of benzene rings is 6. The van der Waals surface area contributed by atoms with Gasteiger partial charge in [-0.05, 0) is 81.9 Å². The third-order valence-electron chi connectivity index (χ3n) is 9.23. The summed E-state index contributed by atoms with van der Waals surface area (Å²) in [6.07, 6.45) is 0. The summed E-state index contributed by atoms with van der Waals surface area (Å²) < 4.78 is 2.38. The van der Waals surface area contributed by atoms with E-state index in [0.29, 0.717) is 0 Å². The van der Waals surface area contributed by atoms with E-state index in [0.717, 1.165) is 0 Å². The lowest BCUT2D eigenvalue weighted by Gasteiger charge is -2.25. The van der Waals surface area contributed by atoms with E-state index in [4.69, 9.17) is 0 Å². The van der Waals surface area contributed by atoms with Crippen LogP contribution in [0.3, 0.4) is 0 Å². The Morgan fingerprint density at radius 2 is 1.14 bits per heavy atom. The number of anilines is 2. The Bertz CT molecular complexity index is 2110. The topological polar surface area (TPSA) is 8.17 Å². The molecule has 42 heavy (non-hydrogen) atoms. The molecule has 0 radical (unpaired) electrons. The van der Waals surface area contributed by atoms with Gasteiger partial charge in [0.1, 0.15) is 0 Å². The highest BCUT2D eigenvalue weighted by Gasteiger charge is 2.35. The summed E-state index contributed by atoms with van der Waals surface area (Å²) in [5.74, 6) is 0. The molecule has 7 aromatic rings. The highest BCUT2D eigenvalue weighted by molar-refractivity contribution is 6.10. The third-order valence-corrected chi connectivity index (χ3v) is 9.23. The summed E-state index contributed by atoms with van der Waals surface area (Å²) in [5, 5.41) is 2.55. The second kappa shape index (κ2) is 9.22. The van der Waals surface area contributed by atoms with E-state index in [-0.39, 0.29) is 5.41 Å². The van der Waals surface area contributed by atoms with E-state index in [2.05, 4.69) is 170 Å². The Labute approximate surface area is 247 Å². The van der Waals surface area contributed by atoms with E-state index in [1.165, 1.54) is 72.2 Å². The highest BCUT2D eigenvalue weighted by Crippen LogP contribution is 2.49. The summed E-state index contributed by atoms with van der Waals surface area (Å²) in [6, 6.07) is 50.9. The van der Waals surface area contributed by atoms with Crippen molar-refractivity contribution in [3.8, 4) is 27.9 Å². The molecule has 1 aliphatic rings. The average Bonchev–Trinajstić information content (AvgIpc) is 3.49. The number of rotatable bonds is 4. The van der Waals surface area contributed by atoms with Crippen LogP contribution in [-0.2, 0) is 5.41 Å². The predicted octanol–water partition coefficient (Wildman–Crippen LogP) is 10.5. The number of para-hydroxylation sites is 2. The van der Waals surface area contributed by atoms with E-state index in [1.807, 2.05) is 0 Å². The fourth-order valence-electron chi connectivity index (χ4n) is 6.93. The van der Waals surface area contributed by atoms with Gasteiger partial charge in [-0.3, -0.25) is 0 Å². The first-order valence-corrected chi connectivity index (χ1v) is 14.7. The van der Waals surface area contributed by atoms with Gasteiger partial charge in [0.2, 0.25) is 0 Å². The number of aromatic nitrogens is 1. The van der Waals surface area contributed by atoms with Crippen molar-refractivity contribution in [3.63, 3.8) is 0 Å². The third kappa shape index (κ3) is 3.65. The van der Waals surface area contributed by atoms with Crippen molar-refractivity contribution in [1.29, 1.82) is 0 Å². The highest BCUT2D eigenvalue weighted by atomic mass is 15.1. The number of nitrogens with zero attached hydrogens (tertiary/aromatic N) is 2. The van der Waals surface area contributed by atoms with E-state index < -0.39 is 0 Å². The first-order valence-electron chi connectivity index (χ1n) is 14.7. The van der Waals surface area contributed by atoms with Crippen molar-refractivity contribution in [1.82, 2.24) is 4.57 Å². The summed E-state index contributed by atoms with van der Waals surface area (Å²) in [7, 11) is 2.16. The van der Waals surface area contributed by atoms with Crippen LogP contribution in [0.25, 0.3) is 49.7 Å². The molecule has 1 aromatic heterocycles. The molecule has 1 aliphatic carbocycles. The van der Waals surface area contributed by atoms with Crippen LogP contribution in [0.2, 0.25) is 0 Å². The average molecular weight is 541 g/mol. The molecular formula is C40H32N2. The first-order chi connectivity index (χ1) is 20.5. The van der Waals surface area contributed by atoms with Crippen molar-refractivity contribution in [2.45, 2.75) is 19.3 Å². The first kappa shape index (κ1) is 24.7. The minimum absolute atomic E-state index is 0.00645. The second-order valence-electron chi connectivity index (χ2n) is 11.9. The van der Waals surface area contributed by atoms with Gasteiger partial charge in [0.25, 0.3) is 0 Å². The van der Waals surface area contributed by atoms with Crippen molar-refractivity contribution in [2.75, 3.05) is 11.9 Å². The van der Waals surface area contributed by atoms with Crippen molar-refractivity contribution in [2.24, 2.45) is 0 Å². The molecule has 0 saturated carbocycles. The number of fused-ring (bicyclic) bond motifs is 6. The Balaban J connectivity index is 1.15. The van der Waals surface area contributed by atoms with Gasteiger partial charge in [0, 0.05) is 40.3 Å². The smallest absolute Gasteiger partial charge is 0.0547 e. The SMILES string of the molecule is CN(c1ccc(-c2ccc3c4ccccc4n(-c4ccccc4)c3c2)cc1)c1ccc2c(c1)C(C)(C)c1ccccc1-2. The molecule has 0 N–H and O–H groups in total. The van der Waals surface area contributed by atoms with Crippen LogP contribution in [-0.4, -0.2) is 11.6 Å². The lowest BCUT2D eigenvalue weighted by Crippen LogP contribution is -2.16. The van der Waals surface area contributed by atoms with Crippen molar-refractivity contribution in [3.05, 3.63) is 151 Å². The number of hydrogen-bond acceptors (Lipinski definition) is 1. The summed E-state index contributed by atoms with van der Waals surface area (Å²) in [6.45, 7) is 4.68. The van der Waals surface area contributed by atoms with Crippen LogP contribution in [0.5, 0.6) is 0 Å². The van der Waals surface area contributed by atoms with Crippen LogP contribution in [0, 0.1) is 0 Å². The van der Waals surface area contributed by atoms with E-state index >= 15 is 0 Å². The minimum atomic E-state index is -0.00645. The molecule has 1 heterocycles. The molecule has 0 aliphatic heterocycles. The van der Waals surface area contributed by atoms with Crippen LogP contribution >= 0.6 is 0 Å². The van der Waals surface area contributed by atoms with E-state index in [9.17, 15) is 0 Å². The predicted molar refractivity (Wildman–Crippen MR) is 178 cm³/mol. The molecule has 2 heteroatoms. The molecule has 8 rings (SSSR count).